The third-order valence-corrected chi connectivity index (χ3v) is 5.58. The van der Waals surface area contributed by atoms with E-state index >= 15 is 0 Å². The molecule has 0 amide bonds. The Bertz CT molecular complexity index is 1170. The molecule has 1 N–H and O–H groups in total. The van der Waals surface area contributed by atoms with Crippen molar-refractivity contribution in [3.8, 4) is 23.3 Å². The lowest BCUT2D eigenvalue weighted by molar-refractivity contribution is -0.274. The number of rotatable bonds is 8. The van der Waals surface area contributed by atoms with E-state index in [1.165, 1.54) is 12.1 Å². The van der Waals surface area contributed by atoms with Gasteiger partial charge in [-0.25, -0.2) is 0 Å². The maximum Gasteiger partial charge on any atom is 0.573 e. The van der Waals surface area contributed by atoms with Crippen LogP contribution in [0.5, 0.6) is 17.2 Å². The molecule has 0 aliphatic rings. The lowest BCUT2D eigenvalue weighted by atomic mass is 9.62. The standard InChI is InChI=1S/C26H22F3NO4/c1-17(2)25(24(31)32,19-11-13-21(14-12-19)34-26(27,28)29)23(16-30)18-7-6-10-22(15-18)33-20-8-4-3-5-9-20/h3-15,17,23H,1-2H3,(H,31,32). The number of aliphatic carboxylic acids is 1. The van der Waals surface area contributed by atoms with Crippen molar-refractivity contribution in [3.05, 3.63) is 90.0 Å². The van der Waals surface area contributed by atoms with Crippen molar-refractivity contribution in [3.63, 3.8) is 0 Å². The predicted molar refractivity (Wildman–Crippen MR) is 119 cm³/mol. The van der Waals surface area contributed by atoms with Crippen molar-refractivity contribution in [1.29, 1.82) is 5.26 Å². The Morgan fingerprint density at radius 1 is 0.912 bits per heavy atom. The Balaban J connectivity index is 2.07. The van der Waals surface area contributed by atoms with E-state index in [0.717, 1.165) is 12.1 Å². The van der Waals surface area contributed by atoms with Gasteiger partial charge in [0.15, 0.2) is 0 Å². The van der Waals surface area contributed by atoms with Gasteiger partial charge in [-0.3, -0.25) is 4.79 Å². The summed E-state index contributed by atoms with van der Waals surface area (Å²) in [6.07, 6.45) is -4.88. The Labute approximate surface area is 195 Å². The van der Waals surface area contributed by atoms with Crippen LogP contribution < -0.4 is 9.47 Å². The van der Waals surface area contributed by atoms with E-state index in [1.54, 1.807) is 62.4 Å². The summed E-state index contributed by atoms with van der Waals surface area (Å²) >= 11 is 0. The second-order valence-corrected chi connectivity index (χ2v) is 7.95. The summed E-state index contributed by atoms with van der Waals surface area (Å²) in [7, 11) is 0. The first-order chi connectivity index (χ1) is 16.1. The summed E-state index contributed by atoms with van der Waals surface area (Å²) in [5, 5.41) is 20.5. The fourth-order valence-electron chi connectivity index (χ4n) is 4.08. The molecule has 0 spiro atoms. The smallest absolute Gasteiger partial charge is 0.481 e. The Morgan fingerprint density at radius 2 is 1.53 bits per heavy atom. The number of alkyl halides is 3. The maximum absolute atomic E-state index is 12.7. The van der Waals surface area contributed by atoms with Crippen molar-refractivity contribution in [2.24, 2.45) is 5.92 Å². The molecular weight excluding hydrogens is 447 g/mol. The topological polar surface area (TPSA) is 79.5 Å². The number of nitrogens with zero attached hydrogens (tertiary/aromatic N) is 1. The van der Waals surface area contributed by atoms with Gasteiger partial charge < -0.3 is 14.6 Å². The first-order valence-electron chi connectivity index (χ1n) is 10.4. The lowest BCUT2D eigenvalue weighted by Gasteiger charge is -2.38. The zero-order valence-electron chi connectivity index (χ0n) is 18.4. The molecule has 0 aliphatic heterocycles. The van der Waals surface area contributed by atoms with Crippen LogP contribution in [0.4, 0.5) is 13.2 Å². The number of hydrogen-bond donors (Lipinski definition) is 1. The van der Waals surface area contributed by atoms with Crippen LogP contribution >= 0.6 is 0 Å². The Kier molecular flexibility index (Phi) is 7.16. The van der Waals surface area contributed by atoms with Crippen molar-refractivity contribution < 1.29 is 32.5 Å². The highest BCUT2D eigenvalue weighted by molar-refractivity contribution is 5.84. The number of ether oxygens (including phenoxy) is 2. The number of nitriles is 1. The highest BCUT2D eigenvalue weighted by Crippen LogP contribution is 2.46. The maximum atomic E-state index is 12.7. The van der Waals surface area contributed by atoms with Gasteiger partial charge in [0.25, 0.3) is 0 Å². The van der Waals surface area contributed by atoms with Crippen molar-refractivity contribution in [2.45, 2.75) is 31.5 Å². The molecule has 0 aliphatic carbocycles. The average Bonchev–Trinajstić information content (AvgIpc) is 2.77. The molecule has 0 radical (unpaired) electrons. The molecule has 0 fully saturated rings. The monoisotopic (exact) mass is 469 g/mol. The molecule has 176 valence electrons. The van der Waals surface area contributed by atoms with Gasteiger partial charge >= 0.3 is 12.3 Å². The van der Waals surface area contributed by atoms with E-state index in [1.807, 2.05) is 6.07 Å². The molecule has 0 saturated heterocycles. The summed E-state index contributed by atoms with van der Waals surface area (Å²) < 4.78 is 47.4. The first-order valence-corrected chi connectivity index (χ1v) is 10.4. The molecule has 34 heavy (non-hydrogen) atoms. The minimum atomic E-state index is -4.88. The third-order valence-electron chi connectivity index (χ3n) is 5.58. The van der Waals surface area contributed by atoms with Gasteiger partial charge in [0.2, 0.25) is 0 Å². The van der Waals surface area contributed by atoms with Gasteiger partial charge in [0.05, 0.1) is 12.0 Å². The first kappa shape index (κ1) is 24.6. The van der Waals surface area contributed by atoms with Gasteiger partial charge in [0, 0.05) is 0 Å². The van der Waals surface area contributed by atoms with Crippen LogP contribution in [0.25, 0.3) is 0 Å². The molecule has 0 aromatic heterocycles. The van der Waals surface area contributed by atoms with E-state index in [9.17, 15) is 28.3 Å². The highest BCUT2D eigenvalue weighted by atomic mass is 19.4. The number of carboxylic acid groups (broad SMARTS) is 1. The second kappa shape index (κ2) is 9.87. The summed E-state index contributed by atoms with van der Waals surface area (Å²) in [5.74, 6) is -2.52. The van der Waals surface area contributed by atoms with E-state index in [2.05, 4.69) is 10.8 Å². The SMILES string of the molecule is CC(C)C(C(=O)O)(c1ccc(OC(F)(F)F)cc1)C(C#N)c1cccc(Oc2ccccc2)c1. The number of para-hydroxylation sites is 1. The van der Waals surface area contributed by atoms with Gasteiger partial charge in [-0.2, -0.15) is 5.26 Å². The predicted octanol–water partition coefficient (Wildman–Crippen LogP) is 6.66. The van der Waals surface area contributed by atoms with Crippen LogP contribution in [-0.4, -0.2) is 17.4 Å². The number of hydrogen-bond acceptors (Lipinski definition) is 4. The molecule has 8 heteroatoms. The molecule has 5 nitrogen and oxygen atoms in total. The van der Waals surface area contributed by atoms with Gasteiger partial charge in [-0.05, 0) is 53.4 Å². The summed E-state index contributed by atoms with van der Waals surface area (Å²) in [6.45, 7) is 3.31. The second-order valence-electron chi connectivity index (χ2n) is 7.95. The molecule has 0 saturated carbocycles. The van der Waals surface area contributed by atoms with Crippen LogP contribution in [0.2, 0.25) is 0 Å². The quantitative estimate of drug-likeness (QED) is 0.399. The zero-order chi connectivity index (χ0) is 24.9. The lowest BCUT2D eigenvalue weighted by Crippen LogP contribution is -2.46. The molecule has 3 rings (SSSR count). The fourth-order valence-corrected chi connectivity index (χ4v) is 4.08. The van der Waals surface area contributed by atoms with E-state index in [4.69, 9.17) is 4.74 Å². The minimum absolute atomic E-state index is 0.186. The summed E-state index contributed by atoms with van der Waals surface area (Å²) in [4.78, 5) is 12.7. The fraction of sp³-hybridized carbons (Fsp3) is 0.231. The minimum Gasteiger partial charge on any atom is -0.481 e. The third kappa shape index (κ3) is 5.15. The van der Waals surface area contributed by atoms with Crippen LogP contribution in [0.3, 0.4) is 0 Å². The molecule has 0 bridgehead atoms. The van der Waals surface area contributed by atoms with Gasteiger partial charge in [-0.15, -0.1) is 13.2 Å². The highest BCUT2D eigenvalue weighted by Gasteiger charge is 2.51. The van der Waals surface area contributed by atoms with Gasteiger partial charge in [-0.1, -0.05) is 56.3 Å². The Hall–Kier alpha value is -3.99. The zero-order valence-corrected chi connectivity index (χ0v) is 18.4. The van der Waals surface area contributed by atoms with Crippen LogP contribution in [-0.2, 0) is 10.2 Å². The largest absolute Gasteiger partial charge is 0.573 e. The van der Waals surface area contributed by atoms with Crippen molar-refractivity contribution in [2.75, 3.05) is 0 Å². The van der Waals surface area contributed by atoms with Crippen molar-refractivity contribution >= 4 is 5.97 Å². The number of carboxylic acids is 1. The number of carbonyl (C=O) groups is 1. The van der Waals surface area contributed by atoms with Crippen LogP contribution in [0, 0.1) is 17.2 Å². The molecule has 2 unspecified atom stereocenters. The van der Waals surface area contributed by atoms with Crippen LogP contribution in [0.1, 0.15) is 30.9 Å². The van der Waals surface area contributed by atoms with E-state index in [-0.39, 0.29) is 5.56 Å². The molecule has 3 aromatic carbocycles. The summed E-state index contributed by atoms with van der Waals surface area (Å²) in [6, 6.07) is 22.3. The normalized spacial score (nSPS) is 14.0. The molecule has 2 atom stereocenters. The van der Waals surface area contributed by atoms with E-state index < -0.39 is 35.3 Å². The average molecular weight is 469 g/mol. The number of benzene rings is 3. The molecule has 3 aromatic rings. The Morgan fingerprint density at radius 3 is 2.06 bits per heavy atom. The molecule has 0 heterocycles. The summed E-state index contributed by atoms with van der Waals surface area (Å²) in [5.41, 5.74) is -1.16. The van der Waals surface area contributed by atoms with Crippen molar-refractivity contribution in [1.82, 2.24) is 0 Å². The van der Waals surface area contributed by atoms with Crippen LogP contribution in [0.15, 0.2) is 78.9 Å². The van der Waals surface area contributed by atoms with E-state index in [0.29, 0.717) is 17.1 Å². The number of halogens is 3. The molecular formula is C26H22F3NO4. The van der Waals surface area contributed by atoms with Gasteiger partial charge in [0.1, 0.15) is 22.7 Å².